The highest BCUT2D eigenvalue weighted by Crippen LogP contribution is 2.21. The maximum atomic E-state index is 12.5. The van der Waals surface area contributed by atoms with Crippen molar-refractivity contribution in [1.29, 1.82) is 0 Å². The van der Waals surface area contributed by atoms with E-state index in [0.717, 1.165) is 5.56 Å². The maximum Gasteiger partial charge on any atom is 0.360 e. The van der Waals surface area contributed by atoms with Crippen LogP contribution in [0.1, 0.15) is 23.0 Å². The Morgan fingerprint density at radius 3 is 2.48 bits per heavy atom. The summed E-state index contributed by atoms with van der Waals surface area (Å²) in [5.41, 5.74) is 2.34. The molecule has 0 amide bonds. The number of carbonyl (C=O) groups excluding carboxylic acids is 1. The highest BCUT2D eigenvalue weighted by Gasteiger charge is 2.18. The van der Waals surface area contributed by atoms with E-state index in [0.29, 0.717) is 41.6 Å². The van der Waals surface area contributed by atoms with Crippen molar-refractivity contribution in [3.05, 3.63) is 64.8 Å². The van der Waals surface area contributed by atoms with E-state index in [4.69, 9.17) is 21.1 Å². The van der Waals surface area contributed by atoms with Gasteiger partial charge in [0.15, 0.2) is 11.5 Å². The molecule has 0 unspecified atom stereocenters. The molecule has 27 heavy (non-hydrogen) atoms. The number of nitrogens with one attached hydrogen (secondary N) is 1. The number of fused-ring (bicyclic) bond motifs is 1. The van der Waals surface area contributed by atoms with Crippen molar-refractivity contribution < 1.29 is 14.3 Å². The monoisotopic (exact) mass is 385 g/mol. The first-order chi connectivity index (χ1) is 13.2. The molecule has 0 bridgehead atoms. The van der Waals surface area contributed by atoms with Crippen LogP contribution in [0.2, 0.25) is 5.02 Å². The topological polar surface area (TPSA) is 73.3 Å². The van der Waals surface area contributed by atoms with Gasteiger partial charge in [-0.3, -0.25) is 0 Å². The Bertz CT molecular complexity index is 933. The molecule has 140 valence electrons. The van der Waals surface area contributed by atoms with Gasteiger partial charge in [-0.25, -0.2) is 14.8 Å². The Labute approximate surface area is 162 Å². The number of aromatic nitrogens is 2. The second-order valence-corrected chi connectivity index (χ2v) is 6.09. The molecular formula is C20H20ClN3O3. The molecule has 0 fully saturated rings. The molecule has 0 saturated heterocycles. The summed E-state index contributed by atoms with van der Waals surface area (Å²) in [6.45, 7) is 3.36. The van der Waals surface area contributed by atoms with E-state index in [-0.39, 0.29) is 12.3 Å². The SMILES string of the molecule is CCOCCOC(=O)c1nc2ccccc2nc1NCc1ccccc1Cl. The van der Waals surface area contributed by atoms with Crippen molar-refractivity contribution in [2.45, 2.75) is 13.5 Å². The van der Waals surface area contributed by atoms with Crippen LogP contribution in [0.3, 0.4) is 0 Å². The number of halogens is 1. The zero-order valence-electron chi connectivity index (χ0n) is 14.9. The number of hydrogen-bond acceptors (Lipinski definition) is 6. The fourth-order valence-electron chi connectivity index (χ4n) is 2.49. The summed E-state index contributed by atoms with van der Waals surface area (Å²) < 4.78 is 10.5. The number of rotatable bonds is 8. The van der Waals surface area contributed by atoms with E-state index in [9.17, 15) is 4.79 Å². The molecule has 0 saturated carbocycles. The van der Waals surface area contributed by atoms with Crippen LogP contribution in [-0.4, -0.2) is 35.8 Å². The quantitative estimate of drug-likeness (QED) is 0.465. The number of carbonyl (C=O) groups is 1. The number of para-hydroxylation sites is 2. The van der Waals surface area contributed by atoms with Gasteiger partial charge < -0.3 is 14.8 Å². The fraction of sp³-hybridized carbons (Fsp3) is 0.250. The Kier molecular flexibility index (Phi) is 6.57. The largest absolute Gasteiger partial charge is 0.458 e. The first-order valence-corrected chi connectivity index (χ1v) is 9.05. The predicted molar refractivity (Wildman–Crippen MR) is 105 cm³/mol. The number of ether oxygens (including phenoxy) is 2. The molecule has 3 aromatic rings. The third-order valence-corrected chi connectivity index (χ3v) is 4.20. The molecule has 0 aliphatic heterocycles. The number of benzene rings is 2. The van der Waals surface area contributed by atoms with E-state index >= 15 is 0 Å². The standard InChI is InChI=1S/C20H20ClN3O3/c1-2-26-11-12-27-20(25)18-19(22-13-14-7-3-4-8-15(14)21)24-17-10-6-5-9-16(17)23-18/h3-10H,2,11-13H2,1H3,(H,22,24). The summed E-state index contributed by atoms with van der Waals surface area (Å²) in [6, 6.07) is 14.8. The molecule has 3 rings (SSSR count). The van der Waals surface area contributed by atoms with Gasteiger partial charge in [-0.15, -0.1) is 0 Å². The van der Waals surface area contributed by atoms with Crippen LogP contribution in [0, 0.1) is 0 Å². The molecule has 0 spiro atoms. The maximum absolute atomic E-state index is 12.5. The third kappa shape index (κ3) is 4.93. The molecule has 1 aromatic heterocycles. The minimum Gasteiger partial charge on any atom is -0.458 e. The van der Waals surface area contributed by atoms with Gasteiger partial charge in [-0.2, -0.15) is 0 Å². The van der Waals surface area contributed by atoms with Crippen molar-refractivity contribution in [2.24, 2.45) is 0 Å². The summed E-state index contributed by atoms with van der Waals surface area (Å²) in [5, 5.41) is 3.79. The summed E-state index contributed by atoms with van der Waals surface area (Å²) in [5.74, 6) is -0.190. The second-order valence-electron chi connectivity index (χ2n) is 5.69. The lowest BCUT2D eigenvalue weighted by atomic mass is 10.2. The fourth-order valence-corrected chi connectivity index (χ4v) is 2.69. The summed E-state index contributed by atoms with van der Waals surface area (Å²) in [4.78, 5) is 21.5. The highest BCUT2D eigenvalue weighted by molar-refractivity contribution is 6.31. The van der Waals surface area contributed by atoms with E-state index in [1.54, 1.807) is 6.07 Å². The van der Waals surface area contributed by atoms with Crippen molar-refractivity contribution in [1.82, 2.24) is 9.97 Å². The van der Waals surface area contributed by atoms with Gasteiger partial charge in [-0.05, 0) is 30.7 Å². The lowest BCUT2D eigenvalue weighted by Crippen LogP contribution is -2.16. The summed E-state index contributed by atoms with van der Waals surface area (Å²) in [7, 11) is 0. The van der Waals surface area contributed by atoms with Gasteiger partial charge in [0.2, 0.25) is 0 Å². The molecule has 1 heterocycles. The van der Waals surface area contributed by atoms with Gasteiger partial charge in [0, 0.05) is 18.2 Å². The minimum absolute atomic E-state index is 0.136. The number of nitrogens with zero attached hydrogens (tertiary/aromatic N) is 2. The first-order valence-electron chi connectivity index (χ1n) is 8.68. The van der Waals surface area contributed by atoms with E-state index in [1.807, 2.05) is 49.4 Å². The Morgan fingerprint density at radius 1 is 1.04 bits per heavy atom. The van der Waals surface area contributed by atoms with Gasteiger partial charge in [-0.1, -0.05) is 41.9 Å². The molecule has 0 aliphatic carbocycles. The predicted octanol–water partition coefficient (Wildman–Crippen LogP) is 4.09. The molecule has 6 nitrogen and oxygen atoms in total. The van der Waals surface area contributed by atoms with Crippen molar-refractivity contribution in [3.63, 3.8) is 0 Å². The van der Waals surface area contributed by atoms with Crippen LogP contribution in [0.15, 0.2) is 48.5 Å². The smallest absolute Gasteiger partial charge is 0.360 e. The van der Waals surface area contributed by atoms with Gasteiger partial charge >= 0.3 is 5.97 Å². The lowest BCUT2D eigenvalue weighted by molar-refractivity contribution is 0.0330. The van der Waals surface area contributed by atoms with Crippen LogP contribution >= 0.6 is 11.6 Å². The van der Waals surface area contributed by atoms with Crippen LogP contribution in [-0.2, 0) is 16.0 Å². The minimum atomic E-state index is -0.547. The third-order valence-electron chi connectivity index (χ3n) is 3.83. The zero-order valence-corrected chi connectivity index (χ0v) is 15.7. The number of anilines is 1. The van der Waals surface area contributed by atoms with E-state index in [2.05, 4.69) is 15.3 Å². The lowest BCUT2D eigenvalue weighted by Gasteiger charge is -2.12. The van der Waals surface area contributed by atoms with Crippen molar-refractivity contribution in [2.75, 3.05) is 25.1 Å². The molecule has 2 aromatic carbocycles. The van der Waals surface area contributed by atoms with Crippen LogP contribution in [0.25, 0.3) is 11.0 Å². The molecule has 1 N–H and O–H groups in total. The van der Waals surface area contributed by atoms with Crippen LogP contribution in [0.5, 0.6) is 0 Å². The number of esters is 1. The molecule has 0 atom stereocenters. The summed E-state index contributed by atoms with van der Waals surface area (Å²) in [6.07, 6.45) is 0. The highest BCUT2D eigenvalue weighted by atomic mass is 35.5. The molecule has 7 heteroatoms. The van der Waals surface area contributed by atoms with Gasteiger partial charge in [0.25, 0.3) is 0 Å². The van der Waals surface area contributed by atoms with Crippen LogP contribution < -0.4 is 5.32 Å². The average molecular weight is 386 g/mol. The second kappa shape index (κ2) is 9.30. The van der Waals surface area contributed by atoms with Crippen molar-refractivity contribution in [3.8, 4) is 0 Å². The molecular weight excluding hydrogens is 366 g/mol. The molecule has 0 aliphatic rings. The Balaban J connectivity index is 1.84. The first kappa shape index (κ1) is 19.1. The summed E-state index contributed by atoms with van der Waals surface area (Å²) >= 11 is 6.20. The number of hydrogen-bond donors (Lipinski definition) is 1. The van der Waals surface area contributed by atoms with Crippen molar-refractivity contribution >= 4 is 34.4 Å². The van der Waals surface area contributed by atoms with Gasteiger partial charge in [0.1, 0.15) is 6.61 Å². The van der Waals surface area contributed by atoms with E-state index in [1.165, 1.54) is 0 Å². The van der Waals surface area contributed by atoms with E-state index < -0.39 is 5.97 Å². The van der Waals surface area contributed by atoms with Gasteiger partial charge in [0.05, 0.1) is 17.6 Å². The molecule has 0 radical (unpaired) electrons. The van der Waals surface area contributed by atoms with Crippen LogP contribution in [0.4, 0.5) is 5.82 Å². The zero-order chi connectivity index (χ0) is 19.1. The Morgan fingerprint density at radius 2 is 1.74 bits per heavy atom. The normalized spacial score (nSPS) is 10.7. The Hall–Kier alpha value is -2.70. The average Bonchev–Trinajstić information content (AvgIpc) is 2.69.